The Hall–Kier alpha value is -1.11. The van der Waals surface area contributed by atoms with E-state index >= 15 is 0 Å². The molecule has 0 aliphatic heterocycles. The minimum Gasteiger partial charge on any atom is -0.358 e. The van der Waals surface area contributed by atoms with Gasteiger partial charge in [0.05, 0.1) is 5.69 Å². The highest BCUT2D eigenvalue weighted by molar-refractivity contribution is 7.94. The van der Waals surface area contributed by atoms with Gasteiger partial charge in [-0.05, 0) is 12.8 Å². The van der Waals surface area contributed by atoms with Crippen molar-refractivity contribution in [3.8, 4) is 0 Å². The van der Waals surface area contributed by atoms with Crippen molar-refractivity contribution in [3.05, 3.63) is 11.9 Å². The predicted molar refractivity (Wildman–Crippen MR) is 67.3 cm³/mol. The predicted octanol–water partition coefficient (Wildman–Crippen LogP) is 1.60. The highest BCUT2D eigenvalue weighted by Gasteiger charge is 2.04. The molecule has 1 heterocycles. The summed E-state index contributed by atoms with van der Waals surface area (Å²) >= 11 is 0.323. The molecule has 0 saturated heterocycles. The van der Waals surface area contributed by atoms with E-state index in [1.54, 1.807) is 13.2 Å². The number of aromatic nitrogens is 3. The summed E-state index contributed by atoms with van der Waals surface area (Å²) in [6, 6.07) is 0. The van der Waals surface area contributed by atoms with Crippen molar-refractivity contribution in [3.63, 3.8) is 0 Å². The van der Waals surface area contributed by atoms with Crippen molar-refractivity contribution in [1.29, 1.82) is 0 Å². The summed E-state index contributed by atoms with van der Waals surface area (Å²) < 4.78 is 13.2. The zero-order valence-electron chi connectivity index (χ0n) is 10.4. The minimum atomic E-state index is -0.120. The summed E-state index contributed by atoms with van der Waals surface area (Å²) in [5.74, 6) is 0.341. The number of hydrogen-bond donors (Lipinski definition) is 1. The van der Waals surface area contributed by atoms with Crippen LogP contribution in [0, 0.1) is 0 Å². The fourth-order valence-electron chi connectivity index (χ4n) is 1.06. The van der Waals surface area contributed by atoms with Crippen LogP contribution >= 0.6 is 12.1 Å². The van der Waals surface area contributed by atoms with E-state index in [0.29, 0.717) is 24.3 Å². The Morgan fingerprint density at radius 2 is 2.29 bits per heavy atom. The Labute approximate surface area is 105 Å². The third kappa shape index (κ3) is 6.93. The molecule has 17 heavy (non-hydrogen) atoms. The molecule has 0 spiro atoms. The average Bonchev–Trinajstić information content (AvgIpc) is 2.79. The molecule has 1 rings (SSSR count). The zero-order valence-corrected chi connectivity index (χ0v) is 11.3. The van der Waals surface area contributed by atoms with Gasteiger partial charge >= 0.3 is 0 Å². The molecule has 0 radical (unpaired) electrons. The van der Waals surface area contributed by atoms with Crippen LogP contribution in [0.1, 0.15) is 26.0 Å². The maximum Gasteiger partial charge on any atom is 0.241 e. The smallest absolute Gasteiger partial charge is 0.241 e. The van der Waals surface area contributed by atoms with Crippen LogP contribution in [0.4, 0.5) is 3.89 Å². The van der Waals surface area contributed by atoms with Gasteiger partial charge in [0, 0.05) is 31.1 Å². The first kappa shape index (κ1) is 15.9. The molecule has 1 N–H and O–H groups in total. The maximum absolute atomic E-state index is 11.7. The molecule has 0 fully saturated rings. The first-order valence-corrected chi connectivity index (χ1v) is 6.48. The summed E-state index contributed by atoms with van der Waals surface area (Å²) in [6.45, 7) is 4.17. The standard InChI is InChI=1S/C8H13FN4OS.C2H6/c1-10-8(14)6-13-5-7(11-12-13)3-2-4-15-9;1-2/h5H,2-4,6H2,1H3,(H,10,14);1-2H3. The second kappa shape index (κ2) is 10.1. The number of halogens is 1. The minimum absolute atomic E-state index is 0.120. The molecule has 1 amide bonds. The molecule has 0 atom stereocenters. The lowest BCUT2D eigenvalue weighted by Gasteiger charge is -1.97. The summed E-state index contributed by atoms with van der Waals surface area (Å²) in [5, 5.41) is 10.2. The number of rotatable bonds is 6. The highest BCUT2D eigenvalue weighted by atomic mass is 32.2. The quantitative estimate of drug-likeness (QED) is 0.791. The molecule has 0 unspecified atom stereocenters. The second-order valence-corrected chi connectivity index (χ2v) is 3.62. The largest absolute Gasteiger partial charge is 0.358 e. The van der Waals surface area contributed by atoms with Gasteiger partial charge in [-0.3, -0.25) is 4.79 Å². The van der Waals surface area contributed by atoms with Crippen molar-refractivity contribution in [2.24, 2.45) is 0 Å². The molecule has 0 aromatic carbocycles. The summed E-state index contributed by atoms with van der Waals surface area (Å²) in [6.07, 6.45) is 3.11. The van der Waals surface area contributed by atoms with Crippen LogP contribution in [0.15, 0.2) is 6.20 Å². The lowest BCUT2D eigenvalue weighted by atomic mass is 10.3. The van der Waals surface area contributed by atoms with E-state index in [1.165, 1.54) is 4.68 Å². The molecule has 0 aliphatic rings. The van der Waals surface area contributed by atoms with Crippen LogP contribution < -0.4 is 5.32 Å². The summed E-state index contributed by atoms with van der Waals surface area (Å²) in [7, 11) is 1.57. The van der Waals surface area contributed by atoms with Crippen LogP contribution in [0.3, 0.4) is 0 Å². The number of hydrogen-bond acceptors (Lipinski definition) is 4. The molecular formula is C10H19FN4OS. The number of nitrogens with one attached hydrogen (secondary N) is 1. The molecule has 5 nitrogen and oxygen atoms in total. The van der Waals surface area contributed by atoms with E-state index in [9.17, 15) is 8.68 Å². The Balaban J connectivity index is 0.00000121. The van der Waals surface area contributed by atoms with Crippen LogP contribution in [-0.4, -0.2) is 33.7 Å². The Morgan fingerprint density at radius 1 is 1.59 bits per heavy atom. The second-order valence-electron chi connectivity index (χ2n) is 3.00. The van der Waals surface area contributed by atoms with Crippen molar-refractivity contribution in [1.82, 2.24) is 20.3 Å². The van der Waals surface area contributed by atoms with Crippen LogP contribution in [0.2, 0.25) is 0 Å². The Morgan fingerprint density at radius 3 is 2.88 bits per heavy atom. The normalized spacial score (nSPS) is 9.41. The number of carbonyl (C=O) groups excluding carboxylic acids is 1. The van der Waals surface area contributed by atoms with E-state index in [2.05, 4.69) is 15.6 Å². The number of amides is 1. The Bertz CT molecular complexity index is 319. The van der Waals surface area contributed by atoms with Gasteiger partial charge in [0.2, 0.25) is 5.91 Å². The van der Waals surface area contributed by atoms with E-state index in [1.807, 2.05) is 13.8 Å². The summed E-state index contributed by atoms with van der Waals surface area (Å²) in [5.41, 5.74) is 0.785. The molecule has 0 aliphatic carbocycles. The molecule has 98 valence electrons. The van der Waals surface area contributed by atoms with Crippen molar-refractivity contribution in [2.75, 3.05) is 12.8 Å². The third-order valence-electron chi connectivity index (χ3n) is 1.82. The van der Waals surface area contributed by atoms with Gasteiger partial charge < -0.3 is 5.32 Å². The molecular weight excluding hydrogens is 243 g/mol. The molecule has 0 saturated carbocycles. The van der Waals surface area contributed by atoms with Gasteiger partial charge in [-0.2, -0.15) is 3.89 Å². The lowest BCUT2D eigenvalue weighted by Crippen LogP contribution is -2.23. The fourth-order valence-corrected chi connectivity index (χ4v) is 1.32. The third-order valence-corrected chi connectivity index (χ3v) is 2.27. The number of likely N-dealkylation sites (N-methyl/N-ethyl adjacent to an activating group) is 1. The first-order chi connectivity index (χ1) is 8.26. The van der Waals surface area contributed by atoms with E-state index < -0.39 is 0 Å². The Kier molecular flexibility index (Phi) is 9.41. The van der Waals surface area contributed by atoms with E-state index in [-0.39, 0.29) is 12.5 Å². The molecule has 7 heteroatoms. The molecule has 1 aromatic rings. The van der Waals surface area contributed by atoms with Crippen molar-refractivity contribution in [2.45, 2.75) is 33.2 Å². The van der Waals surface area contributed by atoms with Crippen molar-refractivity contribution < 1.29 is 8.68 Å². The number of nitrogens with zero attached hydrogens (tertiary/aromatic N) is 3. The fraction of sp³-hybridized carbons (Fsp3) is 0.700. The number of aryl methyl sites for hydroxylation is 1. The highest BCUT2D eigenvalue weighted by Crippen LogP contribution is 2.06. The first-order valence-electron chi connectivity index (χ1n) is 5.59. The van der Waals surface area contributed by atoms with Gasteiger partial charge in [-0.15, -0.1) is 5.10 Å². The topological polar surface area (TPSA) is 59.8 Å². The molecule has 1 aromatic heterocycles. The van der Waals surface area contributed by atoms with Crippen LogP contribution in [0.25, 0.3) is 0 Å². The van der Waals surface area contributed by atoms with E-state index in [4.69, 9.17) is 0 Å². The lowest BCUT2D eigenvalue weighted by molar-refractivity contribution is -0.121. The average molecular weight is 262 g/mol. The van der Waals surface area contributed by atoms with Crippen molar-refractivity contribution >= 4 is 18.1 Å². The number of carbonyl (C=O) groups is 1. The van der Waals surface area contributed by atoms with Gasteiger partial charge in [0.1, 0.15) is 6.54 Å². The maximum atomic E-state index is 11.7. The summed E-state index contributed by atoms with van der Waals surface area (Å²) in [4.78, 5) is 11.0. The van der Waals surface area contributed by atoms with Gasteiger partial charge in [-0.1, -0.05) is 19.1 Å². The van der Waals surface area contributed by atoms with Crippen LogP contribution in [-0.2, 0) is 17.8 Å². The van der Waals surface area contributed by atoms with Gasteiger partial charge in [0.25, 0.3) is 0 Å². The van der Waals surface area contributed by atoms with Crippen LogP contribution in [0.5, 0.6) is 0 Å². The van der Waals surface area contributed by atoms with Gasteiger partial charge in [0.15, 0.2) is 0 Å². The monoisotopic (exact) mass is 262 g/mol. The van der Waals surface area contributed by atoms with E-state index in [0.717, 1.165) is 12.1 Å². The molecule has 0 bridgehead atoms. The zero-order chi connectivity index (χ0) is 13.1. The SMILES string of the molecule is CC.CNC(=O)Cn1cc(CCCSF)nn1. The van der Waals surface area contributed by atoms with Gasteiger partial charge in [-0.25, -0.2) is 4.68 Å².